The van der Waals surface area contributed by atoms with Gasteiger partial charge >= 0.3 is 0 Å². The summed E-state index contributed by atoms with van der Waals surface area (Å²) in [6.07, 6.45) is 4.87. The van der Waals surface area contributed by atoms with Crippen molar-refractivity contribution in [2.75, 3.05) is 0 Å². The number of nitrogens with one attached hydrogen (secondary N) is 1. The molecule has 0 aromatic rings. The van der Waals surface area contributed by atoms with E-state index in [9.17, 15) is 8.42 Å². The van der Waals surface area contributed by atoms with Crippen molar-refractivity contribution in [3.05, 3.63) is 0 Å². The Morgan fingerprint density at radius 2 is 1.73 bits per heavy atom. The van der Waals surface area contributed by atoms with E-state index in [1.54, 1.807) is 0 Å². The van der Waals surface area contributed by atoms with Crippen LogP contribution in [0.5, 0.6) is 0 Å². The number of hydrogen-bond acceptors (Lipinski definition) is 2. The average Bonchev–Trinajstić information content (AvgIpc) is 2.40. The second-order valence-electron chi connectivity index (χ2n) is 3.49. The van der Waals surface area contributed by atoms with Crippen LogP contribution in [0.2, 0.25) is 0 Å². The van der Waals surface area contributed by atoms with Gasteiger partial charge in [-0.3, -0.25) is 0 Å². The molecule has 0 saturated heterocycles. The molecule has 0 aromatic heterocycles. The maximum absolute atomic E-state index is 11.4. The van der Waals surface area contributed by atoms with E-state index in [-0.39, 0.29) is 11.3 Å². The molecule has 0 bridgehead atoms. The fourth-order valence-electron chi connectivity index (χ4n) is 1.21. The molecule has 0 aromatic carbocycles. The van der Waals surface area contributed by atoms with Crippen LogP contribution in [0.3, 0.4) is 0 Å². The predicted octanol–water partition coefficient (Wildman–Crippen LogP) is 0.621. The van der Waals surface area contributed by atoms with Crippen LogP contribution in [0.1, 0.15) is 32.1 Å². The molecule has 0 spiro atoms. The van der Waals surface area contributed by atoms with Crippen LogP contribution in [0.25, 0.3) is 0 Å². The Bertz CT molecular complexity index is 239. The lowest BCUT2D eigenvalue weighted by atomic mass is 10.0. The zero-order valence-electron chi connectivity index (χ0n) is 6.41. The number of rotatable bonds is 3. The Morgan fingerprint density at radius 1 is 1.09 bits per heavy atom. The van der Waals surface area contributed by atoms with Crippen molar-refractivity contribution in [2.24, 2.45) is 0 Å². The molecule has 3 nitrogen and oxygen atoms in total. The minimum absolute atomic E-state index is 0.0666. The van der Waals surface area contributed by atoms with Crippen molar-refractivity contribution in [1.82, 2.24) is 4.72 Å². The maximum atomic E-state index is 11.4. The molecular formula is C7H13NO2S. The molecule has 0 heterocycles. The van der Waals surface area contributed by atoms with E-state index < -0.39 is 10.0 Å². The summed E-state index contributed by atoms with van der Waals surface area (Å²) in [6, 6.07) is 0.278. The minimum Gasteiger partial charge on any atom is -0.212 e. The van der Waals surface area contributed by atoms with Gasteiger partial charge in [-0.15, -0.1) is 0 Å². The van der Waals surface area contributed by atoms with Crippen molar-refractivity contribution < 1.29 is 8.42 Å². The molecule has 2 aliphatic rings. The Labute approximate surface area is 67.2 Å². The third kappa shape index (κ3) is 1.56. The van der Waals surface area contributed by atoms with Gasteiger partial charge in [-0.05, 0) is 25.7 Å². The van der Waals surface area contributed by atoms with Crippen LogP contribution in [0, 0.1) is 0 Å². The van der Waals surface area contributed by atoms with Gasteiger partial charge in [0.1, 0.15) is 0 Å². The van der Waals surface area contributed by atoms with Crippen LogP contribution >= 0.6 is 0 Å². The normalized spacial score (nSPS) is 26.5. The van der Waals surface area contributed by atoms with Crippen LogP contribution in [0.15, 0.2) is 0 Å². The van der Waals surface area contributed by atoms with Crippen LogP contribution in [0.4, 0.5) is 0 Å². The molecule has 64 valence electrons. The SMILES string of the molecule is O=S(=O)(NC1CC1)C1CCC1. The first kappa shape index (κ1) is 7.55. The van der Waals surface area contributed by atoms with Crippen molar-refractivity contribution >= 4 is 10.0 Å². The zero-order valence-corrected chi connectivity index (χ0v) is 7.23. The van der Waals surface area contributed by atoms with Crippen molar-refractivity contribution in [2.45, 2.75) is 43.4 Å². The lowest BCUT2D eigenvalue weighted by Gasteiger charge is -2.25. The summed E-state index contributed by atoms with van der Waals surface area (Å²) in [5.74, 6) is 0. The molecule has 2 saturated carbocycles. The first-order chi connectivity index (χ1) is 5.18. The van der Waals surface area contributed by atoms with E-state index >= 15 is 0 Å². The molecule has 11 heavy (non-hydrogen) atoms. The van der Waals surface area contributed by atoms with Gasteiger partial charge in [0.25, 0.3) is 0 Å². The topological polar surface area (TPSA) is 46.2 Å². The quantitative estimate of drug-likeness (QED) is 0.683. The summed E-state index contributed by atoms with van der Waals surface area (Å²) < 4.78 is 25.4. The van der Waals surface area contributed by atoms with Crippen LogP contribution < -0.4 is 4.72 Å². The van der Waals surface area contributed by atoms with Crippen molar-refractivity contribution in [3.8, 4) is 0 Å². The second kappa shape index (κ2) is 2.45. The first-order valence-electron chi connectivity index (χ1n) is 4.19. The lowest BCUT2D eigenvalue weighted by Crippen LogP contribution is -2.39. The van der Waals surface area contributed by atoms with Gasteiger partial charge in [0, 0.05) is 6.04 Å². The smallest absolute Gasteiger partial charge is 0.212 e. The average molecular weight is 175 g/mol. The highest BCUT2D eigenvalue weighted by atomic mass is 32.2. The van der Waals surface area contributed by atoms with Gasteiger partial charge in [-0.1, -0.05) is 6.42 Å². The summed E-state index contributed by atoms with van der Waals surface area (Å²) in [7, 11) is -2.91. The summed E-state index contributed by atoms with van der Waals surface area (Å²) in [4.78, 5) is 0. The minimum atomic E-state index is -2.91. The zero-order chi connectivity index (χ0) is 7.90. The van der Waals surface area contributed by atoms with Gasteiger partial charge in [0.2, 0.25) is 10.0 Å². The van der Waals surface area contributed by atoms with Crippen LogP contribution in [-0.4, -0.2) is 19.7 Å². The van der Waals surface area contributed by atoms with E-state index in [0.717, 1.165) is 32.1 Å². The Balaban J connectivity index is 1.95. The van der Waals surface area contributed by atoms with E-state index in [2.05, 4.69) is 4.72 Å². The fourth-order valence-corrected chi connectivity index (χ4v) is 3.06. The highest BCUT2D eigenvalue weighted by molar-refractivity contribution is 7.90. The fraction of sp³-hybridized carbons (Fsp3) is 1.00. The molecule has 2 fully saturated rings. The van der Waals surface area contributed by atoms with E-state index in [1.807, 2.05) is 0 Å². The van der Waals surface area contributed by atoms with Gasteiger partial charge in [-0.2, -0.15) is 0 Å². The molecule has 0 atom stereocenters. The van der Waals surface area contributed by atoms with E-state index in [0.29, 0.717) is 0 Å². The van der Waals surface area contributed by atoms with Crippen LogP contribution in [-0.2, 0) is 10.0 Å². The summed E-state index contributed by atoms with van der Waals surface area (Å²) in [5, 5.41) is -0.0666. The number of sulfonamides is 1. The second-order valence-corrected chi connectivity index (χ2v) is 5.48. The standard InChI is InChI=1S/C7H13NO2S/c9-11(10,7-2-1-3-7)8-6-4-5-6/h6-8H,1-5H2. The lowest BCUT2D eigenvalue weighted by molar-refractivity contribution is 0.469. The predicted molar refractivity (Wildman–Crippen MR) is 42.7 cm³/mol. The van der Waals surface area contributed by atoms with E-state index in [4.69, 9.17) is 0 Å². The Kier molecular flexibility index (Phi) is 1.68. The van der Waals surface area contributed by atoms with Gasteiger partial charge < -0.3 is 0 Å². The van der Waals surface area contributed by atoms with Crippen molar-refractivity contribution in [1.29, 1.82) is 0 Å². The van der Waals surface area contributed by atoms with Crippen molar-refractivity contribution in [3.63, 3.8) is 0 Å². The molecule has 4 heteroatoms. The highest BCUT2D eigenvalue weighted by Crippen LogP contribution is 2.28. The molecule has 0 radical (unpaired) electrons. The monoisotopic (exact) mass is 175 g/mol. The molecule has 0 aliphatic heterocycles. The number of hydrogen-bond donors (Lipinski definition) is 1. The molecule has 1 N–H and O–H groups in total. The third-order valence-corrected chi connectivity index (χ3v) is 4.41. The Morgan fingerprint density at radius 3 is 2.09 bits per heavy atom. The molecule has 0 unspecified atom stereocenters. The summed E-state index contributed by atoms with van der Waals surface area (Å²) in [6.45, 7) is 0. The molecule has 2 rings (SSSR count). The molecule has 0 amide bonds. The first-order valence-corrected chi connectivity index (χ1v) is 5.74. The Hall–Kier alpha value is -0.0900. The molecular weight excluding hydrogens is 162 g/mol. The van der Waals surface area contributed by atoms with E-state index in [1.165, 1.54) is 0 Å². The summed E-state index contributed by atoms with van der Waals surface area (Å²) in [5.41, 5.74) is 0. The van der Waals surface area contributed by atoms with Gasteiger partial charge in [-0.25, -0.2) is 13.1 Å². The van der Waals surface area contributed by atoms with Gasteiger partial charge in [0.05, 0.1) is 5.25 Å². The third-order valence-electron chi connectivity index (χ3n) is 2.40. The summed E-state index contributed by atoms with van der Waals surface area (Å²) >= 11 is 0. The molecule has 2 aliphatic carbocycles. The largest absolute Gasteiger partial charge is 0.214 e. The van der Waals surface area contributed by atoms with Gasteiger partial charge in [0.15, 0.2) is 0 Å². The highest BCUT2D eigenvalue weighted by Gasteiger charge is 2.35. The maximum Gasteiger partial charge on any atom is 0.214 e.